The van der Waals surface area contributed by atoms with E-state index in [1.54, 1.807) is 24.3 Å². The highest BCUT2D eigenvalue weighted by atomic mass is 35.5. The second-order valence-electron chi connectivity index (χ2n) is 5.11. The van der Waals surface area contributed by atoms with Crippen molar-refractivity contribution in [2.75, 3.05) is 6.54 Å². The lowest BCUT2D eigenvalue weighted by Gasteiger charge is -2.04. The molecule has 124 valence electrons. The molecule has 24 heavy (non-hydrogen) atoms. The van der Waals surface area contributed by atoms with Crippen LogP contribution in [0.4, 0.5) is 0 Å². The average molecular weight is 344 g/mol. The highest BCUT2D eigenvalue weighted by molar-refractivity contribution is 6.30. The number of rotatable bonds is 7. The quantitative estimate of drug-likeness (QED) is 0.461. The summed E-state index contributed by atoms with van der Waals surface area (Å²) in [5.74, 6) is -0.789. The van der Waals surface area contributed by atoms with Crippen molar-refractivity contribution in [1.82, 2.24) is 10.7 Å². The fourth-order valence-corrected chi connectivity index (χ4v) is 2.09. The first-order valence-electron chi connectivity index (χ1n) is 7.51. The minimum Gasteiger partial charge on any atom is -0.355 e. The Morgan fingerprint density at radius 3 is 2.42 bits per heavy atom. The molecular weight excluding hydrogens is 326 g/mol. The summed E-state index contributed by atoms with van der Waals surface area (Å²) in [4.78, 5) is 23.3. The van der Waals surface area contributed by atoms with Crippen molar-refractivity contribution in [3.05, 3.63) is 70.7 Å². The van der Waals surface area contributed by atoms with Crippen LogP contribution in [0.1, 0.15) is 17.5 Å². The van der Waals surface area contributed by atoms with Crippen molar-refractivity contribution < 1.29 is 9.59 Å². The maximum absolute atomic E-state index is 11.7. The molecule has 2 rings (SSSR count). The standard InChI is InChI=1S/C18H18ClN3O2/c19-16-8-6-15(7-9-16)13-21-22-18(24)12-17(23)20-11-10-14-4-2-1-3-5-14/h1-9,13H,10-12H2,(H,20,23)(H,22,24). The van der Waals surface area contributed by atoms with E-state index < -0.39 is 5.91 Å². The van der Waals surface area contributed by atoms with Crippen molar-refractivity contribution in [1.29, 1.82) is 0 Å². The zero-order valence-electron chi connectivity index (χ0n) is 13.0. The summed E-state index contributed by atoms with van der Waals surface area (Å²) in [5, 5.41) is 7.14. The third-order valence-electron chi connectivity index (χ3n) is 3.17. The van der Waals surface area contributed by atoms with Gasteiger partial charge in [-0.3, -0.25) is 9.59 Å². The zero-order valence-corrected chi connectivity index (χ0v) is 13.8. The van der Waals surface area contributed by atoms with Gasteiger partial charge in [0.15, 0.2) is 0 Å². The highest BCUT2D eigenvalue weighted by Crippen LogP contribution is 2.07. The van der Waals surface area contributed by atoms with Crippen LogP contribution >= 0.6 is 11.6 Å². The van der Waals surface area contributed by atoms with Gasteiger partial charge in [0.25, 0.3) is 0 Å². The molecule has 0 radical (unpaired) electrons. The molecule has 0 atom stereocenters. The van der Waals surface area contributed by atoms with Crippen LogP contribution in [0.3, 0.4) is 0 Å². The molecule has 0 saturated heterocycles. The number of hydrazone groups is 1. The molecule has 0 aliphatic heterocycles. The Labute approximate surface area is 145 Å². The van der Waals surface area contributed by atoms with Gasteiger partial charge in [0.2, 0.25) is 11.8 Å². The molecule has 2 amide bonds. The van der Waals surface area contributed by atoms with Gasteiger partial charge in [-0.25, -0.2) is 5.43 Å². The summed E-state index contributed by atoms with van der Waals surface area (Å²) >= 11 is 5.78. The summed E-state index contributed by atoms with van der Waals surface area (Å²) in [6.45, 7) is 0.490. The Hall–Kier alpha value is -2.66. The SMILES string of the molecule is O=C(CC(=O)NN=Cc1ccc(Cl)cc1)NCCc1ccccc1. The molecule has 0 unspecified atom stereocenters. The number of amides is 2. The van der Waals surface area contributed by atoms with Crippen molar-refractivity contribution in [2.24, 2.45) is 5.10 Å². The Morgan fingerprint density at radius 2 is 1.71 bits per heavy atom. The highest BCUT2D eigenvalue weighted by Gasteiger charge is 2.07. The molecule has 0 spiro atoms. The van der Waals surface area contributed by atoms with Crippen molar-refractivity contribution >= 4 is 29.6 Å². The van der Waals surface area contributed by atoms with E-state index in [-0.39, 0.29) is 12.3 Å². The molecule has 0 aliphatic carbocycles. The molecule has 0 aliphatic rings. The normalized spacial score (nSPS) is 10.5. The smallest absolute Gasteiger partial charge is 0.249 e. The van der Waals surface area contributed by atoms with E-state index in [9.17, 15) is 9.59 Å². The fourth-order valence-electron chi connectivity index (χ4n) is 1.97. The summed E-state index contributed by atoms with van der Waals surface area (Å²) in [7, 11) is 0. The number of nitrogens with one attached hydrogen (secondary N) is 2. The lowest BCUT2D eigenvalue weighted by molar-refractivity contribution is -0.129. The van der Waals surface area contributed by atoms with Gasteiger partial charge in [0, 0.05) is 11.6 Å². The molecule has 2 aromatic rings. The first kappa shape index (κ1) is 17.7. The van der Waals surface area contributed by atoms with Gasteiger partial charge >= 0.3 is 0 Å². The third-order valence-corrected chi connectivity index (χ3v) is 3.42. The lowest BCUT2D eigenvalue weighted by Crippen LogP contribution is -2.31. The third kappa shape index (κ3) is 6.62. The molecular formula is C18H18ClN3O2. The van der Waals surface area contributed by atoms with Gasteiger partial charge in [0.1, 0.15) is 6.42 Å². The summed E-state index contributed by atoms with van der Waals surface area (Å²) in [6.07, 6.45) is 1.96. The number of hydrogen-bond acceptors (Lipinski definition) is 3. The van der Waals surface area contributed by atoms with E-state index in [2.05, 4.69) is 15.8 Å². The van der Waals surface area contributed by atoms with Gasteiger partial charge in [-0.2, -0.15) is 5.10 Å². The van der Waals surface area contributed by atoms with E-state index >= 15 is 0 Å². The van der Waals surface area contributed by atoms with Gasteiger partial charge < -0.3 is 5.32 Å². The van der Waals surface area contributed by atoms with E-state index in [0.717, 1.165) is 17.5 Å². The first-order chi connectivity index (χ1) is 11.6. The molecule has 2 N–H and O–H groups in total. The number of carbonyl (C=O) groups is 2. The number of halogens is 1. The van der Waals surface area contributed by atoms with E-state index in [1.165, 1.54) is 6.21 Å². The van der Waals surface area contributed by atoms with Crippen LogP contribution in [0.15, 0.2) is 59.7 Å². The second kappa shape index (κ2) is 9.47. The van der Waals surface area contributed by atoms with Crippen molar-refractivity contribution in [2.45, 2.75) is 12.8 Å². The maximum Gasteiger partial charge on any atom is 0.249 e. The average Bonchev–Trinajstić information content (AvgIpc) is 2.57. The number of carbonyl (C=O) groups excluding carboxylic acids is 2. The molecule has 0 saturated carbocycles. The molecule has 6 heteroatoms. The lowest BCUT2D eigenvalue weighted by atomic mass is 10.1. The molecule has 0 aromatic heterocycles. The van der Waals surface area contributed by atoms with Crippen LogP contribution in [0, 0.1) is 0 Å². The summed E-state index contributed by atoms with van der Waals surface area (Å²) in [6, 6.07) is 16.8. The van der Waals surface area contributed by atoms with E-state index in [4.69, 9.17) is 11.6 Å². The monoisotopic (exact) mass is 343 g/mol. The van der Waals surface area contributed by atoms with Crippen LogP contribution in [0.25, 0.3) is 0 Å². The molecule has 0 heterocycles. The van der Waals surface area contributed by atoms with Gasteiger partial charge in [-0.05, 0) is 29.7 Å². The van der Waals surface area contributed by atoms with Crippen LogP contribution in [-0.4, -0.2) is 24.6 Å². The fraction of sp³-hybridized carbons (Fsp3) is 0.167. The zero-order chi connectivity index (χ0) is 17.2. The largest absolute Gasteiger partial charge is 0.355 e. The predicted molar refractivity (Wildman–Crippen MR) is 95.0 cm³/mol. The second-order valence-corrected chi connectivity index (χ2v) is 5.54. The maximum atomic E-state index is 11.7. The van der Waals surface area contributed by atoms with Crippen molar-refractivity contribution in [3.8, 4) is 0 Å². The Balaban J connectivity index is 1.66. The van der Waals surface area contributed by atoms with Gasteiger partial charge in [-0.15, -0.1) is 0 Å². The van der Waals surface area contributed by atoms with Crippen LogP contribution in [0.2, 0.25) is 5.02 Å². The van der Waals surface area contributed by atoms with Crippen LogP contribution in [-0.2, 0) is 16.0 Å². The molecule has 0 fully saturated rings. The van der Waals surface area contributed by atoms with Gasteiger partial charge in [0.05, 0.1) is 6.21 Å². The van der Waals surface area contributed by atoms with Gasteiger partial charge in [-0.1, -0.05) is 54.1 Å². The Morgan fingerprint density at radius 1 is 1.00 bits per heavy atom. The van der Waals surface area contributed by atoms with E-state index in [0.29, 0.717) is 11.6 Å². The number of benzene rings is 2. The van der Waals surface area contributed by atoms with E-state index in [1.807, 2.05) is 30.3 Å². The minimum absolute atomic E-state index is 0.257. The Bertz CT molecular complexity index is 700. The molecule has 2 aromatic carbocycles. The summed E-state index contributed by atoms with van der Waals surface area (Å²) in [5.41, 5.74) is 4.25. The summed E-state index contributed by atoms with van der Waals surface area (Å²) < 4.78 is 0. The van der Waals surface area contributed by atoms with Crippen LogP contribution < -0.4 is 10.7 Å². The van der Waals surface area contributed by atoms with Crippen molar-refractivity contribution in [3.63, 3.8) is 0 Å². The first-order valence-corrected chi connectivity index (χ1v) is 7.89. The number of hydrogen-bond donors (Lipinski definition) is 2. The molecule has 5 nitrogen and oxygen atoms in total. The minimum atomic E-state index is -0.461. The van der Waals surface area contributed by atoms with Crippen LogP contribution in [0.5, 0.6) is 0 Å². The predicted octanol–water partition coefficient (Wildman–Crippen LogP) is 2.54. The number of nitrogens with zero attached hydrogens (tertiary/aromatic N) is 1. The Kier molecular flexibility index (Phi) is 6.98. The topological polar surface area (TPSA) is 70.6 Å². The molecule has 0 bridgehead atoms.